The second-order valence-electron chi connectivity index (χ2n) is 6.17. The maximum Gasteiger partial charge on any atom is 0.329 e. The van der Waals surface area contributed by atoms with E-state index < -0.39 is 11.2 Å². The van der Waals surface area contributed by atoms with Gasteiger partial charge in [0.05, 0.1) is 5.52 Å². The van der Waals surface area contributed by atoms with Gasteiger partial charge >= 0.3 is 5.69 Å². The first-order chi connectivity index (χ1) is 10.5. The zero-order valence-corrected chi connectivity index (χ0v) is 12.9. The molecule has 6 nitrogen and oxygen atoms in total. The number of nitrogens with one attached hydrogen (secondary N) is 1. The fraction of sp³-hybridized carbons (Fsp3) is 0.500. The smallest absolute Gasteiger partial charge is 0.329 e. The summed E-state index contributed by atoms with van der Waals surface area (Å²) in [6, 6.07) is 5.06. The fourth-order valence-electron chi connectivity index (χ4n) is 3.25. The van der Waals surface area contributed by atoms with Crippen molar-refractivity contribution < 1.29 is 5.11 Å². The minimum atomic E-state index is -0.403. The highest BCUT2D eigenvalue weighted by molar-refractivity contribution is 5.83. The van der Waals surface area contributed by atoms with Gasteiger partial charge in [0.1, 0.15) is 11.1 Å². The number of likely N-dealkylation sites (tertiary alicyclic amines) is 1. The molecule has 2 aromatic rings. The molecule has 1 fully saturated rings. The third-order valence-electron chi connectivity index (χ3n) is 4.53. The summed E-state index contributed by atoms with van der Waals surface area (Å²) in [5, 5.41) is 10.1. The molecule has 1 aliphatic heterocycles. The van der Waals surface area contributed by atoms with E-state index in [1.807, 2.05) is 0 Å². The first-order valence-electron chi connectivity index (χ1n) is 7.69. The van der Waals surface area contributed by atoms with E-state index >= 15 is 0 Å². The molecule has 1 saturated heterocycles. The topological polar surface area (TPSA) is 78.3 Å². The molecule has 0 atom stereocenters. The highest BCUT2D eigenvalue weighted by Crippen LogP contribution is 2.23. The number of benzene rings is 1. The Balaban J connectivity index is 2.04. The number of nitrogens with zero attached hydrogens (tertiary/aromatic N) is 2. The first kappa shape index (κ1) is 14.8. The molecule has 0 bridgehead atoms. The van der Waals surface area contributed by atoms with Gasteiger partial charge in [-0.15, -0.1) is 0 Å². The maximum absolute atomic E-state index is 12.7. The number of aromatic nitrogens is 2. The lowest BCUT2D eigenvalue weighted by atomic mass is 10.0. The number of H-pyrrole nitrogens is 1. The molecule has 1 aromatic heterocycles. The molecule has 118 valence electrons. The lowest BCUT2D eigenvalue weighted by Gasteiger charge is -2.34. The van der Waals surface area contributed by atoms with Gasteiger partial charge in [-0.2, -0.15) is 0 Å². The number of fused-ring (bicyclic) bond motifs is 1. The Labute approximate surface area is 128 Å². The Morgan fingerprint density at radius 3 is 2.55 bits per heavy atom. The molecule has 0 aliphatic carbocycles. The van der Waals surface area contributed by atoms with E-state index in [9.17, 15) is 14.7 Å². The molecular formula is C16H21N3O3. The fourth-order valence-corrected chi connectivity index (χ4v) is 3.25. The number of aromatic hydroxyl groups is 1. The summed E-state index contributed by atoms with van der Waals surface area (Å²) in [7, 11) is 0. The van der Waals surface area contributed by atoms with Crippen LogP contribution in [0.5, 0.6) is 5.75 Å². The Bertz CT molecular complexity index is 798. The number of aromatic amines is 1. The monoisotopic (exact) mass is 303 g/mol. The summed E-state index contributed by atoms with van der Waals surface area (Å²) >= 11 is 0. The van der Waals surface area contributed by atoms with Crippen molar-refractivity contribution in [3.05, 3.63) is 39.0 Å². The van der Waals surface area contributed by atoms with Crippen molar-refractivity contribution >= 4 is 10.9 Å². The van der Waals surface area contributed by atoms with Crippen LogP contribution in [0.3, 0.4) is 0 Å². The zero-order valence-electron chi connectivity index (χ0n) is 12.9. The summed E-state index contributed by atoms with van der Waals surface area (Å²) in [5.41, 5.74) is -0.420. The molecule has 0 unspecified atom stereocenters. The van der Waals surface area contributed by atoms with Crippen molar-refractivity contribution in [2.75, 3.05) is 13.1 Å². The van der Waals surface area contributed by atoms with E-state index in [-0.39, 0.29) is 17.2 Å². The maximum atomic E-state index is 12.7. The Hall–Kier alpha value is -2.08. The molecule has 1 aliphatic rings. The number of hydrogen-bond donors (Lipinski definition) is 2. The quantitative estimate of drug-likeness (QED) is 0.880. The molecule has 1 aromatic carbocycles. The van der Waals surface area contributed by atoms with Gasteiger partial charge in [0.25, 0.3) is 5.56 Å². The Kier molecular flexibility index (Phi) is 3.78. The number of rotatable bonds is 2. The number of hydrogen-bond acceptors (Lipinski definition) is 4. The van der Waals surface area contributed by atoms with E-state index in [2.05, 4.69) is 23.7 Å². The van der Waals surface area contributed by atoms with Crippen molar-refractivity contribution in [1.82, 2.24) is 14.5 Å². The molecule has 0 amide bonds. The average Bonchev–Trinajstić information content (AvgIpc) is 2.47. The van der Waals surface area contributed by atoms with Gasteiger partial charge in [-0.1, -0.05) is 6.07 Å². The highest BCUT2D eigenvalue weighted by atomic mass is 16.3. The van der Waals surface area contributed by atoms with Crippen LogP contribution in [0, 0.1) is 0 Å². The van der Waals surface area contributed by atoms with Gasteiger partial charge in [0, 0.05) is 25.2 Å². The summed E-state index contributed by atoms with van der Waals surface area (Å²) in [6.07, 6.45) is 1.53. The lowest BCUT2D eigenvalue weighted by Crippen LogP contribution is -2.45. The first-order valence-corrected chi connectivity index (χ1v) is 7.69. The van der Waals surface area contributed by atoms with Crippen molar-refractivity contribution in [2.24, 2.45) is 0 Å². The van der Waals surface area contributed by atoms with Crippen molar-refractivity contribution in [1.29, 1.82) is 0 Å². The number of phenols is 1. The van der Waals surface area contributed by atoms with Gasteiger partial charge in [0.15, 0.2) is 0 Å². The third-order valence-corrected chi connectivity index (χ3v) is 4.53. The second-order valence-corrected chi connectivity index (χ2v) is 6.17. The average molecular weight is 303 g/mol. The van der Waals surface area contributed by atoms with Gasteiger partial charge < -0.3 is 15.0 Å². The third kappa shape index (κ3) is 2.43. The van der Waals surface area contributed by atoms with E-state index in [1.165, 1.54) is 10.6 Å². The molecule has 2 N–H and O–H groups in total. The lowest BCUT2D eigenvalue weighted by molar-refractivity contribution is 0.149. The van der Waals surface area contributed by atoms with Gasteiger partial charge in [-0.25, -0.2) is 4.79 Å². The van der Waals surface area contributed by atoms with Crippen molar-refractivity contribution in [3.63, 3.8) is 0 Å². The van der Waals surface area contributed by atoms with E-state index in [0.29, 0.717) is 11.6 Å². The van der Waals surface area contributed by atoms with Crippen molar-refractivity contribution in [3.8, 4) is 5.75 Å². The van der Waals surface area contributed by atoms with Crippen LogP contribution in [0.2, 0.25) is 0 Å². The van der Waals surface area contributed by atoms with Crippen molar-refractivity contribution in [2.45, 2.75) is 38.8 Å². The van der Waals surface area contributed by atoms with Crippen LogP contribution in [0.15, 0.2) is 27.8 Å². The van der Waals surface area contributed by atoms with Crippen LogP contribution < -0.4 is 11.2 Å². The van der Waals surface area contributed by atoms with E-state index in [4.69, 9.17) is 0 Å². The SMILES string of the molecule is CC(C)N1CCC(n2c(=O)[nH]c3cccc(O)c3c2=O)CC1. The molecule has 6 heteroatoms. The predicted octanol–water partition coefficient (Wildman–Crippen LogP) is 1.44. The van der Waals surface area contributed by atoms with Crippen LogP contribution >= 0.6 is 0 Å². The molecular weight excluding hydrogens is 282 g/mol. The summed E-state index contributed by atoms with van der Waals surface area (Å²) < 4.78 is 1.28. The van der Waals surface area contributed by atoms with E-state index in [0.717, 1.165) is 25.9 Å². The molecule has 0 saturated carbocycles. The molecule has 0 spiro atoms. The zero-order chi connectivity index (χ0) is 15.9. The highest BCUT2D eigenvalue weighted by Gasteiger charge is 2.25. The molecule has 2 heterocycles. The Morgan fingerprint density at radius 1 is 1.23 bits per heavy atom. The predicted molar refractivity (Wildman–Crippen MR) is 85.5 cm³/mol. The molecule has 0 radical (unpaired) electrons. The standard InChI is InChI=1S/C16H21N3O3/c1-10(2)18-8-6-11(7-9-18)19-15(21)14-12(17-16(19)22)4-3-5-13(14)20/h3-5,10-11,20H,6-9H2,1-2H3,(H,17,22). The largest absolute Gasteiger partial charge is 0.507 e. The summed E-state index contributed by atoms with van der Waals surface area (Å²) in [5.74, 6) is -0.0906. The number of piperidine rings is 1. The molecule has 3 rings (SSSR count). The van der Waals surface area contributed by atoms with Crippen LogP contribution in [0.1, 0.15) is 32.7 Å². The minimum Gasteiger partial charge on any atom is -0.507 e. The van der Waals surface area contributed by atoms with Crippen LogP contribution in [0.25, 0.3) is 10.9 Å². The Morgan fingerprint density at radius 2 is 1.91 bits per heavy atom. The van der Waals surface area contributed by atoms with E-state index in [1.54, 1.807) is 12.1 Å². The molecule has 22 heavy (non-hydrogen) atoms. The van der Waals surface area contributed by atoms with Crippen LogP contribution in [-0.2, 0) is 0 Å². The second kappa shape index (κ2) is 5.61. The van der Waals surface area contributed by atoms with Gasteiger partial charge in [-0.05, 0) is 38.8 Å². The summed E-state index contributed by atoms with van der Waals surface area (Å²) in [4.78, 5) is 30.0. The normalized spacial score (nSPS) is 17.4. The van der Waals surface area contributed by atoms with Gasteiger partial charge in [-0.3, -0.25) is 9.36 Å². The number of phenolic OH excluding ortho intramolecular Hbond substituents is 1. The van der Waals surface area contributed by atoms with Crippen LogP contribution in [-0.4, -0.2) is 38.7 Å². The minimum absolute atomic E-state index is 0.0906. The van der Waals surface area contributed by atoms with Gasteiger partial charge in [0.2, 0.25) is 0 Å². The summed E-state index contributed by atoms with van der Waals surface area (Å²) in [6.45, 7) is 6.03. The van der Waals surface area contributed by atoms with Crippen LogP contribution in [0.4, 0.5) is 0 Å².